The monoisotopic (exact) mass is 399 g/mol. The van der Waals surface area contributed by atoms with E-state index >= 15 is 0 Å². The largest absolute Gasteiger partial charge is 0.481 e. The van der Waals surface area contributed by atoms with Crippen LogP contribution in [-0.4, -0.2) is 25.1 Å². The minimum absolute atomic E-state index is 0.268. The van der Waals surface area contributed by atoms with Crippen LogP contribution in [0.5, 0.6) is 5.75 Å². The molecule has 1 amide bonds. The second kappa shape index (κ2) is 8.39. The van der Waals surface area contributed by atoms with Crippen LogP contribution in [0, 0.1) is 11.6 Å². The molecule has 24 heavy (non-hydrogen) atoms. The van der Waals surface area contributed by atoms with Crippen LogP contribution in [0.15, 0.2) is 46.9 Å². The van der Waals surface area contributed by atoms with Gasteiger partial charge in [0.2, 0.25) is 0 Å². The summed E-state index contributed by atoms with van der Waals surface area (Å²) in [6.45, 7) is -0.946. The molecule has 0 spiro atoms. The topological polar surface area (TPSA) is 64.6 Å². The number of anilines is 1. The Kier molecular flexibility index (Phi) is 6.25. The number of rotatable bonds is 6. The average Bonchev–Trinajstić information content (AvgIpc) is 2.54. The van der Waals surface area contributed by atoms with E-state index in [9.17, 15) is 18.4 Å². The van der Waals surface area contributed by atoms with Crippen LogP contribution in [0.1, 0.15) is 0 Å². The normalized spacial score (nSPS) is 10.1. The average molecular weight is 400 g/mol. The predicted molar refractivity (Wildman–Crippen MR) is 85.6 cm³/mol. The Labute approximate surface area is 144 Å². The van der Waals surface area contributed by atoms with Crippen molar-refractivity contribution in [2.75, 3.05) is 18.5 Å². The van der Waals surface area contributed by atoms with Gasteiger partial charge in [0.05, 0.1) is 4.47 Å². The van der Waals surface area contributed by atoms with Gasteiger partial charge in [-0.1, -0.05) is 0 Å². The quantitative estimate of drug-likeness (QED) is 0.756. The van der Waals surface area contributed by atoms with E-state index in [1.54, 1.807) is 0 Å². The highest BCUT2D eigenvalue weighted by Crippen LogP contribution is 2.25. The summed E-state index contributed by atoms with van der Waals surface area (Å²) in [4.78, 5) is 23.1. The number of benzene rings is 2. The van der Waals surface area contributed by atoms with Crippen molar-refractivity contribution in [2.24, 2.45) is 0 Å². The summed E-state index contributed by atoms with van der Waals surface area (Å²) in [5, 5.41) is 2.44. The summed E-state index contributed by atoms with van der Waals surface area (Å²) in [7, 11) is 0. The fourth-order valence-electron chi connectivity index (χ4n) is 1.65. The molecule has 8 heteroatoms. The summed E-state index contributed by atoms with van der Waals surface area (Å²) in [5.74, 6) is -1.94. The smallest absolute Gasteiger partial charge is 0.344 e. The van der Waals surface area contributed by atoms with E-state index in [0.29, 0.717) is 10.2 Å². The Morgan fingerprint density at radius 1 is 1.00 bits per heavy atom. The van der Waals surface area contributed by atoms with Crippen molar-refractivity contribution in [3.05, 3.63) is 58.6 Å². The van der Waals surface area contributed by atoms with E-state index < -0.39 is 36.7 Å². The maximum atomic E-state index is 12.9. The maximum Gasteiger partial charge on any atom is 0.344 e. The van der Waals surface area contributed by atoms with Crippen molar-refractivity contribution in [1.82, 2.24) is 0 Å². The van der Waals surface area contributed by atoms with Crippen LogP contribution in [0.2, 0.25) is 0 Å². The van der Waals surface area contributed by atoms with Gasteiger partial charge in [0.15, 0.2) is 13.2 Å². The molecule has 0 aliphatic carbocycles. The van der Waals surface area contributed by atoms with Crippen LogP contribution < -0.4 is 10.1 Å². The van der Waals surface area contributed by atoms with E-state index in [1.165, 1.54) is 42.5 Å². The number of halogens is 3. The first-order chi connectivity index (χ1) is 11.4. The number of carbonyl (C=O) groups excluding carboxylic acids is 2. The lowest BCUT2D eigenvalue weighted by atomic mass is 10.3. The molecule has 5 nitrogen and oxygen atoms in total. The molecule has 2 aromatic rings. The van der Waals surface area contributed by atoms with Crippen molar-refractivity contribution in [3.63, 3.8) is 0 Å². The lowest BCUT2D eigenvalue weighted by Crippen LogP contribution is -2.23. The molecule has 0 radical (unpaired) electrons. The Hall–Kier alpha value is -2.48. The molecular formula is C16H12BrF2NO4. The van der Waals surface area contributed by atoms with Gasteiger partial charge in [-0.05, 0) is 58.4 Å². The molecule has 0 aliphatic heterocycles. The van der Waals surface area contributed by atoms with Crippen molar-refractivity contribution >= 4 is 33.5 Å². The molecule has 0 saturated carbocycles. The molecule has 0 aliphatic rings. The third-order valence-corrected chi connectivity index (χ3v) is 3.35. The van der Waals surface area contributed by atoms with E-state index in [4.69, 9.17) is 9.47 Å². The number of nitrogens with one attached hydrogen (secondary N) is 1. The Morgan fingerprint density at radius 2 is 1.67 bits per heavy atom. The van der Waals surface area contributed by atoms with Crippen LogP contribution in [-0.2, 0) is 14.3 Å². The zero-order valence-electron chi connectivity index (χ0n) is 12.2. The minimum atomic E-state index is -0.763. The van der Waals surface area contributed by atoms with E-state index in [0.717, 1.165) is 0 Å². The lowest BCUT2D eigenvalue weighted by molar-refractivity contribution is -0.149. The SMILES string of the molecule is O=C(COC(=O)COc1ccc(F)cc1Br)Nc1ccc(F)cc1. The summed E-state index contributed by atoms with van der Waals surface area (Å²) in [6.07, 6.45) is 0. The zero-order valence-corrected chi connectivity index (χ0v) is 13.8. The van der Waals surface area contributed by atoms with Gasteiger partial charge >= 0.3 is 5.97 Å². The van der Waals surface area contributed by atoms with Gasteiger partial charge in [0.25, 0.3) is 5.91 Å². The van der Waals surface area contributed by atoms with Crippen molar-refractivity contribution in [1.29, 1.82) is 0 Å². The standard InChI is InChI=1S/C16H12BrF2NO4/c17-13-7-11(19)3-6-14(13)23-9-16(22)24-8-15(21)20-12-4-1-10(18)2-5-12/h1-7H,8-9H2,(H,20,21). The third-order valence-electron chi connectivity index (χ3n) is 2.73. The fourth-order valence-corrected chi connectivity index (χ4v) is 2.11. The van der Waals surface area contributed by atoms with Crippen molar-refractivity contribution in [2.45, 2.75) is 0 Å². The van der Waals surface area contributed by atoms with Gasteiger partial charge in [0.1, 0.15) is 17.4 Å². The van der Waals surface area contributed by atoms with Gasteiger partial charge in [-0.15, -0.1) is 0 Å². The molecule has 0 bridgehead atoms. The lowest BCUT2D eigenvalue weighted by Gasteiger charge is -2.09. The number of carbonyl (C=O) groups is 2. The highest BCUT2D eigenvalue weighted by atomic mass is 79.9. The zero-order chi connectivity index (χ0) is 17.5. The molecule has 1 N–H and O–H groups in total. The molecule has 2 aromatic carbocycles. The van der Waals surface area contributed by atoms with Crippen LogP contribution in [0.4, 0.5) is 14.5 Å². The highest BCUT2D eigenvalue weighted by molar-refractivity contribution is 9.10. The molecule has 2 rings (SSSR count). The summed E-state index contributed by atoms with van der Waals surface area (Å²) in [6, 6.07) is 8.87. The van der Waals surface area contributed by atoms with Gasteiger partial charge in [-0.25, -0.2) is 13.6 Å². The van der Waals surface area contributed by atoms with Crippen LogP contribution >= 0.6 is 15.9 Å². The van der Waals surface area contributed by atoms with Gasteiger partial charge in [0, 0.05) is 5.69 Å². The highest BCUT2D eigenvalue weighted by Gasteiger charge is 2.10. The van der Waals surface area contributed by atoms with Crippen molar-refractivity contribution < 1.29 is 27.8 Å². The van der Waals surface area contributed by atoms with Crippen LogP contribution in [0.25, 0.3) is 0 Å². The van der Waals surface area contributed by atoms with Gasteiger partial charge in [-0.2, -0.15) is 0 Å². The molecule has 126 valence electrons. The van der Waals surface area contributed by atoms with E-state index in [1.807, 2.05) is 0 Å². The summed E-state index contributed by atoms with van der Waals surface area (Å²) >= 11 is 3.09. The second-order valence-electron chi connectivity index (χ2n) is 4.58. The number of esters is 1. The Morgan fingerprint density at radius 3 is 2.33 bits per heavy atom. The Balaban J connectivity index is 1.74. The molecule has 0 fully saturated rings. The third kappa shape index (κ3) is 5.62. The number of hydrogen-bond acceptors (Lipinski definition) is 4. The molecule has 0 saturated heterocycles. The predicted octanol–water partition coefficient (Wildman–Crippen LogP) is 3.29. The number of ether oxygens (including phenoxy) is 2. The van der Waals surface area contributed by atoms with E-state index in [2.05, 4.69) is 21.2 Å². The maximum absolute atomic E-state index is 12.9. The molecule has 0 aromatic heterocycles. The van der Waals surface area contributed by atoms with Crippen LogP contribution in [0.3, 0.4) is 0 Å². The Bertz CT molecular complexity index is 737. The molecule has 0 unspecified atom stereocenters. The molecule has 0 heterocycles. The first-order valence-electron chi connectivity index (χ1n) is 6.73. The fraction of sp³-hybridized carbons (Fsp3) is 0.125. The van der Waals surface area contributed by atoms with Crippen molar-refractivity contribution in [3.8, 4) is 5.75 Å². The molecule has 0 atom stereocenters. The first kappa shape index (κ1) is 17.9. The number of amides is 1. The number of hydrogen-bond donors (Lipinski definition) is 1. The first-order valence-corrected chi connectivity index (χ1v) is 7.52. The minimum Gasteiger partial charge on any atom is -0.481 e. The van der Waals surface area contributed by atoms with E-state index in [-0.39, 0.29) is 5.75 Å². The summed E-state index contributed by atoms with van der Waals surface area (Å²) < 4.78 is 35.9. The van der Waals surface area contributed by atoms with Gasteiger partial charge in [-0.3, -0.25) is 4.79 Å². The summed E-state index contributed by atoms with van der Waals surface area (Å²) in [5.41, 5.74) is 0.379. The van der Waals surface area contributed by atoms with Gasteiger partial charge < -0.3 is 14.8 Å². The molecular weight excluding hydrogens is 388 g/mol. The second-order valence-corrected chi connectivity index (χ2v) is 5.43.